The minimum absolute atomic E-state index is 0.724. The quantitative estimate of drug-likeness (QED) is 0.824. The highest BCUT2D eigenvalue weighted by Gasteiger charge is 2.04. The molecule has 16 heavy (non-hydrogen) atoms. The highest BCUT2D eigenvalue weighted by atomic mass is 32.2. The van der Waals surface area contributed by atoms with Crippen LogP contribution in [0.3, 0.4) is 0 Å². The van der Waals surface area contributed by atoms with Crippen molar-refractivity contribution in [1.82, 2.24) is 14.5 Å². The highest BCUT2D eigenvalue weighted by molar-refractivity contribution is 7.98. The third kappa shape index (κ3) is 2.36. The van der Waals surface area contributed by atoms with Crippen molar-refractivity contribution in [1.29, 1.82) is 0 Å². The molecule has 0 saturated heterocycles. The number of hydrogen-bond donors (Lipinski definition) is 1. The predicted octanol–water partition coefficient (Wildman–Crippen LogP) is 2.17. The highest BCUT2D eigenvalue weighted by Crippen LogP contribution is 2.26. The van der Waals surface area contributed by atoms with Gasteiger partial charge in [0.05, 0.1) is 17.6 Å². The summed E-state index contributed by atoms with van der Waals surface area (Å²) >= 11 is 1.69. The molecule has 2 heterocycles. The van der Waals surface area contributed by atoms with Crippen LogP contribution in [-0.4, -0.2) is 14.5 Å². The number of pyridine rings is 1. The molecular formula is C11H14N4S. The number of aryl methyl sites for hydroxylation is 1. The molecule has 0 spiro atoms. The molecule has 0 amide bonds. The Morgan fingerprint density at radius 2 is 2.31 bits per heavy atom. The van der Waals surface area contributed by atoms with E-state index in [0.717, 1.165) is 28.7 Å². The molecule has 5 heteroatoms. The topological polar surface area (TPSA) is 56.7 Å². The van der Waals surface area contributed by atoms with Crippen LogP contribution < -0.4 is 5.73 Å². The Hall–Kier alpha value is -1.49. The van der Waals surface area contributed by atoms with E-state index in [0.29, 0.717) is 0 Å². The summed E-state index contributed by atoms with van der Waals surface area (Å²) < 4.78 is 2.13. The van der Waals surface area contributed by atoms with Crippen LogP contribution >= 0.6 is 11.8 Å². The lowest BCUT2D eigenvalue weighted by Crippen LogP contribution is -1.99. The SMILES string of the molecule is CCn1ccnc1CSc1ccncc1N. The summed E-state index contributed by atoms with van der Waals surface area (Å²) in [6.07, 6.45) is 7.25. The summed E-state index contributed by atoms with van der Waals surface area (Å²) in [4.78, 5) is 9.34. The van der Waals surface area contributed by atoms with Crippen LogP contribution in [0.5, 0.6) is 0 Å². The normalized spacial score (nSPS) is 10.6. The molecule has 2 aromatic rings. The van der Waals surface area contributed by atoms with Crippen LogP contribution in [0.25, 0.3) is 0 Å². The summed E-state index contributed by atoms with van der Waals surface area (Å²) in [5, 5.41) is 0. The molecule has 4 nitrogen and oxygen atoms in total. The van der Waals surface area contributed by atoms with Crippen molar-refractivity contribution in [3.63, 3.8) is 0 Å². The van der Waals surface area contributed by atoms with Gasteiger partial charge in [0.1, 0.15) is 5.82 Å². The summed E-state index contributed by atoms with van der Waals surface area (Å²) in [7, 11) is 0. The largest absolute Gasteiger partial charge is 0.397 e. The van der Waals surface area contributed by atoms with Gasteiger partial charge >= 0.3 is 0 Å². The molecule has 0 saturated carbocycles. The summed E-state index contributed by atoms with van der Waals surface area (Å²) in [5.74, 6) is 1.90. The van der Waals surface area contributed by atoms with Gasteiger partial charge in [-0.15, -0.1) is 11.8 Å². The first-order valence-electron chi connectivity index (χ1n) is 5.13. The second kappa shape index (κ2) is 5.03. The molecule has 0 fully saturated rings. The van der Waals surface area contributed by atoms with Crippen molar-refractivity contribution in [2.24, 2.45) is 0 Å². The van der Waals surface area contributed by atoms with Gasteiger partial charge in [-0.2, -0.15) is 0 Å². The van der Waals surface area contributed by atoms with Crippen LogP contribution in [0.4, 0.5) is 5.69 Å². The molecule has 2 aromatic heterocycles. The van der Waals surface area contributed by atoms with Crippen LogP contribution in [-0.2, 0) is 12.3 Å². The van der Waals surface area contributed by atoms with Gasteiger partial charge in [-0.05, 0) is 13.0 Å². The van der Waals surface area contributed by atoms with Gasteiger partial charge < -0.3 is 10.3 Å². The molecule has 2 N–H and O–H groups in total. The van der Waals surface area contributed by atoms with Crippen LogP contribution in [0.15, 0.2) is 35.7 Å². The fourth-order valence-corrected chi connectivity index (χ4v) is 2.34. The Bertz CT molecular complexity index is 467. The van der Waals surface area contributed by atoms with Crippen molar-refractivity contribution in [3.05, 3.63) is 36.7 Å². The number of aromatic nitrogens is 3. The second-order valence-corrected chi connectivity index (χ2v) is 4.35. The molecule has 0 aromatic carbocycles. The maximum Gasteiger partial charge on any atom is 0.119 e. The molecule has 0 bridgehead atoms. The number of nitrogens with zero attached hydrogens (tertiary/aromatic N) is 3. The molecule has 0 aliphatic carbocycles. The number of hydrogen-bond acceptors (Lipinski definition) is 4. The van der Waals surface area contributed by atoms with Gasteiger partial charge in [-0.3, -0.25) is 4.98 Å². The molecule has 0 aliphatic rings. The van der Waals surface area contributed by atoms with Crippen molar-refractivity contribution in [3.8, 4) is 0 Å². The van der Waals surface area contributed by atoms with E-state index < -0.39 is 0 Å². The maximum atomic E-state index is 5.82. The van der Waals surface area contributed by atoms with Crippen molar-refractivity contribution in [2.75, 3.05) is 5.73 Å². The predicted molar refractivity (Wildman–Crippen MR) is 66.1 cm³/mol. The summed E-state index contributed by atoms with van der Waals surface area (Å²) in [6, 6.07) is 1.93. The third-order valence-corrected chi connectivity index (χ3v) is 3.39. The van der Waals surface area contributed by atoms with Crippen LogP contribution in [0.1, 0.15) is 12.7 Å². The smallest absolute Gasteiger partial charge is 0.119 e. The average molecular weight is 234 g/mol. The molecular weight excluding hydrogens is 220 g/mol. The first-order valence-corrected chi connectivity index (χ1v) is 6.12. The lowest BCUT2D eigenvalue weighted by atomic mass is 10.4. The number of thioether (sulfide) groups is 1. The Kier molecular flexibility index (Phi) is 3.46. The minimum atomic E-state index is 0.724. The maximum absolute atomic E-state index is 5.82. The van der Waals surface area contributed by atoms with Gasteiger partial charge in [0, 0.05) is 30.0 Å². The second-order valence-electron chi connectivity index (χ2n) is 3.33. The van der Waals surface area contributed by atoms with Gasteiger partial charge in [0.25, 0.3) is 0 Å². The van der Waals surface area contributed by atoms with Gasteiger partial charge in [0.15, 0.2) is 0 Å². The van der Waals surface area contributed by atoms with Crippen molar-refractivity contribution >= 4 is 17.4 Å². The van der Waals surface area contributed by atoms with E-state index in [-0.39, 0.29) is 0 Å². The molecule has 0 aliphatic heterocycles. The van der Waals surface area contributed by atoms with Crippen LogP contribution in [0, 0.1) is 0 Å². The lowest BCUT2D eigenvalue weighted by Gasteiger charge is -2.06. The molecule has 0 atom stereocenters. The fourth-order valence-electron chi connectivity index (χ4n) is 1.44. The van der Waals surface area contributed by atoms with E-state index in [1.165, 1.54) is 0 Å². The fraction of sp³-hybridized carbons (Fsp3) is 0.273. The summed E-state index contributed by atoms with van der Waals surface area (Å²) in [5.41, 5.74) is 6.54. The molecule has 84 valence electrons. The zero-order valence-corrected chi connectivity index (χ0v) is 9.94. The lowest BCUT2D eigenvalue weighted by molar-refractivity contribution is 0.726. The zero-order valence-electron chi connectivity index (χ0n) is 9.13. The van der Waals surface area contributed by atoms with E-state index in [9.17, 15) is 0 Å². The average Bonchev–Trinajstić information content (AvgIpc) is 2.75. The van der Waals surface area contributed by atoms with E-state index in [2.05, 4.69) is 21.5 Å². The zero-order chi connectivity index (χ0) is 11.4. The number of nitrogen functional groups attached to an aromatic ring is 1. The summed E-state index contributed by atoms with van der Waals surface area (Å²) in [6.45, 7) is 3.05. The minimum Gasteiger partial charge on any atom is -0.397 e. The van der Waals surface area contributed by atoms with E-state index in [1.54, 1.807) is 24.2 Å². The Morgan fingerprint density at radius 3 is 3.06 bits per heavy atom. The van der Waals surface area contributed by atoms with Gasteiger partial charge in [-0.25, -0.2) is 4.98 Å². The third-order valence-electron chi connectivity index (χ3n) is 2.31. The van der Waals surface area contributed by atoms with E-state index in [1.807, 2.05) is 18.5 Å². The monoisotopic (exact) mass is 234 g/mol. The standard InChI is InChI=1S/C11H14N4S/c1-2-15-6-5-14-11(15)8-16-10-3-4-13-7-9(10)12/h3-7H,2,8,12H2,1H3. The van der Waals surface area contributed by atoms with Gasteiger partial charge in [-0.1, -0.05) is 0 Å². The van der Waals surface area contributed by atoms with E-state index >= 15 is 0 Å². The number of anilines is 1. The van der Waals surface area contributed by atoms with Gasteiger partial charge in [0.2, 0.25) is 0 Å². The van der Waals surface area contributed by atoms with Crippen molar-refractivity contribution in [2.45, 2.75) is 24.1 Å². The first-order chi connectivity index (χ1) is 7.81. The molecule has 2 rings (SSSR count). The number of rotatable bonds is 4. The number of nitrogens with two attached hydrogens (primary N) is 1. The first kappa shape index (κ1) is 11.0. The van der Waals surface area contributed by atoms with Crippen LogP contribution in [0.2, 0.25) is 0 Å². The van der Waals surface area contributed by atoms with E-state index in [4.69, 9.17) is 5.73 Å². The Morgan fingerprint density at radius 1 is 1.44 bits per heavy atom. The Balaban J connectivity index is 2.05. The Labute approximate surface area is 98.9 Å². The van der Waals surface area contributed by atoms with Crippen molar-refractivity contribution < 1.29 is 0 Å². The molecule has 0 radical (unpaired) electrons. The number of imidazole rings is 1. The molecule has 0 unspecified atom stereocenters.